The van der Waals surface area contributed by atoms with Crippen LogP contribution in [0.5, 0.6) is 0 Å². The Morgan fingerprint density at radius 2 is 2.29 bits per heavy atom. The lowest BCUT2D eigenvalue weighted by Gasteiger charge is -2.26. The van der Waals surface area contributed by atoms with E-state index in [1.165, 1.54) is 29.7 Å². The van der Waals surface area contributed by atoms with Crippen molar-refractivity contribution in [2.75, 3.05) is 18.5 Å². The summed E-state index contributed by atoms with van der Waals surface area (Å²) in [7, 11) is 0. The molecular weight excluding hydrogens is 332 g/mol. The number of hydrogen-bond donors (Lipinski definition) is 2. The van der Waals surface area contributed by atoms with Gasteiger partial charge in [0.05, 0.1) is 24.4 Å². The van der Waals surface area contributed by atoms with Gasteiger partial charge in [-0.3, -0.25) is 14.9 Å². The molecule has 3 heterocycles. The zero-order chi connectivity index (χ0) is 17.1. The van der Waals surface area contributed by atoms with Crippen molar-refractivity contribution in [3.05, 3.63) is 44.8 Å². The highest BCUT2D eigenvalue weighted by molar-refractivity contribution is 7.15. The first-order valence-electron chi connectivity index (χ1n) is 7.47. The normalized spacial score (nSPS) is 13.3. The second-order valence-electron chi connectivity index (χ2n) is 5.15. The Bertz CT molecular complexity index is 809. The summed E-state index contributed by atoms with van der Waals surface area (Å²) in [4.78, 5) is 44.5. The quantitative estimate of drug-likeness (QED) is 0.877. The van der Waals surface area contributed by atoms with E-state index >= 15 is 0 Å². The molecule has 0 radical (unpaired) electrons. The van der Waals surface area contributed by atoms with Crippen LogP contribution in [0.1, 0.15) is 27.9 Å². The van der Waals surface area contributed by atoms with E-state index in [9.17, 15) is 14.4 Å². The second-order valence-corrected chi connectivity index (χ2v) is 6.24. The van der Waals surface area contributed by atoms with Gasteiger partial charge in [-0.15, -0.1) is 0 Å². The van der Waals surface area contributed by atoms with Crippen molar-refractivity contribution in [1.82, 2.24) is 14.9 Å². The van der Waals surface area contributed by atoms with Crippen LogP contribution < -0.4 is 10.9 Å². The van der Waals surface area contributed by atoms with Crippen molar-refractivity contribution >= 4 is 28.5 Å². The highest BCUT2D eigenvalue weighted by Gasteiger charge is 2.25. The van der Waals surface area contributed by atoms with Crippen molar-refractivity contribution in [3.63, 3.8) is 0 Å². The number of carbonyl (C=O) groups is 2. The highest BCUT2D eigenvalue weighted by Crippen LogP contribution is 2.29. The number of rotatable bonds is 3. The minimum atomic E-state index is -0.537. The van der Waals surface area contributed by atoms with Gasteiger partial charge in [0.25, 0.3) is 5.91 Å². The van der Waals surface area contributed by atoms with Crippen molar-refractivity contribution in [1.29, 1.82) is 0 Å². The van der Waals surface area contributed by atoms with Crippen LogP contribution in [0.4, 0.5) is 9.93 Å². The Morgan fingerprint density at radius 3 is 3.00 bits per heavy atom. The Morgan fingerprint density at radius 1 is 1.46 bits per heavy atom. The summed E-state index contributed by atoms with van der Waals surface area (Å²) < 4.78 is 4.83. The maximum atomic E-state index is 12.5. The van der Waals surface area contributed by atoms with Crippen LogP contribution in [0.25, 0.3) is 0 Å². The molecule has 0 atom stereocenters. The summed E-state index contributed by atoms with van der Waals surface area (Å²) in [6, 6.07) is 2.84. The molecule has 0 bridgehead atoms. The first kappa shape index (κ1) is 16.2. The Labute approximate surface area is 141 Å². The lowest BCUT2D eigenvalue weighted by Crippen LogP contribution is -2.35. The van der Waals surface area contributed by atoms with Crippen LogP contribution in [-0.2, 0) is 17.7 Å². The van der Waals surface area contributed by atoms with E-state index in [1.807, 2.05) is 0 Å². The van der Waals surface area contributed by atoms with Crippen LogP contribution in [0.15, 0.2) is 23.1 Å². The SMILES string of the molecule is CCOC(=O)Nc1nc2c(s1)CN(C(=O)c1ccc(=O)[nH]c1)CC2. The fourth-order valence-electron chi connectivity index (χ4n) is 2.40. The maximum Gasteiger partial charge on any atom is 0.413 e. The summed E-state index contributed by atoms with van der Waals surface area (Å²) in [5, 5.41) is 3.05. The van der Waals surface area contributed by atoms with Gasteiger partial charge in [0, 0.05) is 30.1 Å². The lowest BCUT2D eigenvalue weighted by molar-refractivity contribution is 0.0735. The van der Waals surface area contributed by atoms with Gasteiger partial charge in [-0.1, -0.05) is 11.3 Å². The molecule has 2 N–H and O–H groups in total. The van der Waals surface area contributed by atoms with Crippen LogP contribution in [0, 0.1) is 0 Å². The van der Waals surface area contributed by atoms with Crippen LogP contribution in [0.2, 0.25) is 0 Å². The van der Waals surface area contributed by atoms with Gasteiger partial charge >= 0.3 is 6.09 Å². The van der Waals surface area contributed by atoms with Crippen LogP contribution >= 0.6 is 11.3 Å². The van der Waals surface area contributed by atoms with Crippen molar-refractivity contribution < 1.29 is 14.3 Å². The minimum absolute atomic E-state index is 0.148. The molecule has 0 unspecified atom stereocenters. The number of H-pyrrole nitrogens is 1. The number of aromatic nitrogens is 2. The van der Waals surface area contributed by atoms with Gasteiger partial charge in [0.1, 0.15) is 0 Å². The second kappa shape index (κ2) is 6.83. The number of ether oxygens (including phenoxy) is 1. The topological polar surface area (TPSA) is 104 Å². The molecule has 0 saturated carbocycles. The fraction of sp³-hybridized carbons (Fsp3) is 0.333. The molecule has 3 rings (SSSR count). The summed E-state index contributed by atoms with van der Waals surface area (Å²) in [6.45, 7) is 2.98. The Kier molecular flexibility index (Phi) is 4.61. The number of amides is 2. The molecule has 126 valence electrons. The van der Waals surface area contributed by atoms with Crippen molar-refractivity contribution in [2.45, 2.75) is 19.9 Å². The number of carbonyl (C=O) groups excluding carboxylic acids is 2. The number of pyridine rings is 1. The zero-order valence-corrected chi connectivity index (χ0v) is 13.8. The number of thiazole rings is 1. The number of fused-ring (bicyclic) bond motifs is 1. The maximum absolute atomic E-state index is 12.5. The molecule has 0 spiro atoms. The number of hydrogen-bond acceptors (Lipinski definition) is 6. The summed E-state index contributed by atoms with van der Waals surface area (Å²) in [5.41, 5.74) is 1.08. The fourth-order valence-corrected chi connectivity index (χ4v) is 3.41. The number of nitrogens with zero attached hydrogens (tertiary/aromatic N) is 2. The average molecular weight is 348 g/mol. The monoisotopic (exact) mass is 348 g/mol. The van der Waals surface area contributed by atoms with E-state index in [-0.39, 0.29) is 11.5 Å². The number of aromatic amines is 1. The molecule has 0 aromatic carbocycles. The summed E-state index contributed by atoms with van der Waals surface area (Å²) in [6.07, 6.45) is 1.50. The van der Waals surface area contributed by atoms with Gasteiger partial charge in [-0.2, -0.15) is 0 Å². The predicted molar refractivity (Wildman–Crippen MR) is 88.3 cm³/mol. The molecule has 2 aromatic heterocycles. The van der Waals surface area contributed by atoms with Crippen LogP contribution in [-0.4, -0.2) is 40.0 Å². The Balaban J connectivity index is 1.71. The largest absolute Gasteiger partial charge is 0.450 e. The van der Waals surface area contributed by atoms with E-state index in [2.05, 4.69) is 15.3 Å². The standard InChI is InChI=1S/C15H16N4O4S/c1-2-23-15(22)18-14-17-10-5-6-19(8-11(10)24-14)13(21)9-3-4-12(20)16-7-9/h3-4,7H,2,5-6,8H2,1H3,(H,16,20)(H,17,18,22). The summed E-state index contributed by atoms with van der Waals surface area (Å²) in [5.74, 6) is -0.148. The van der Waals surface area contributed by atoms with Crippen molar-refractivity contribution in [2.24, 2.45) is 0 Å². The molecule has 2 amide bonds. The van der Waals surface area contributed by atoms with Crippen molar-refractivity contribution in [3.8, 4) is 0 Å². The molecule has 0 aliphatic carbocycles. The molecule has 0 fully saturated rings. The Hall–Kier alpha value is -2.68. The van der Waals surface area contributed by atoms with E-state index in [4.69, 9.17) is 4.74 Å². The predicted octanol–water partition coefficient (Wildman–Crippen LogP) is 1.60. The van der Waals surface area contributed by atoms with Gasteiger partial charge in [-0.25, -0.2) is 9.78 Å². The third-order valence-corrected chi connectivity index (χ3v) is 4.53. The summed E-state index contributed by atoms with van der Waals surface area (Å²) >= 11 is 1.33. The zero-order valence-electron chi connectivity index (χ0n) is 13.0. The van der Waals surface area contributed by atoms with Gasteiger partial charge in [0.15, 0.2) is 5.13 Å². The number of anilines is 1. The van der Waals surface area contributed by atoms with Crippen LogP contribution in [0.3, 0.4) is 0 Å². The molecule has 9 heteroatoms. The van der Waals surface area contributed by atoms with E-state index in [0.29, 0.717) is 36.8 Å². The third kappa shape index (κ3) is 3.46. The van der Waals surface area contributed by atoms with Gasteiger partial charge < -0.3 is 14.6 Å². The van der Waals surface area contributed by atoms with Gasteiger partial charge in [-0.05, 0) is 13.0 Å². The van der Waals surface area contributed by atoms with E-state index in [0.717, 1.165) is 10.6 Å². The number of nitrogens with one attached hydrogen (secondary N) is 2. The highest BCUT2D eigenvalue weighted by atomic mass is 32.1. The van der Waals surface area contributed by atoms with E-state index < -0.39 is 6.09 Å². The first-order chi connectivity index (χ1) is 11.6. The molecule has 8 nitrogen and oxygen atoms in total. The molecule has 1 aliphatic rings. The average Bonchev–Trinajstić information content (AvgIpc) is 2.96. The molecule has 2 aromatic rings. The minimum Gasteiger partial charge on any atom is -0.450 e. The first-order valence-corrected chi connectivity index (χ1v) is 8.29. The molecule has 24 heavy (non-hydrogen) atoms. The molecule has 1 aliphatic heterocycles. The molecular formula is C15H16N4O4S. The molecule has 0 saturated heterocycles. The van der Waals surface area contributed by atoms with Gasteiger partial charge in [0.2, 0.25) is 5.56 Å². The lowest BCUT2D eigenvalue weighted by atomic mass is 10.1. The third-order valence-electron chi connectivity index (χ3n) is 3.53. The van der Waals surface area contributed by atoms with E-state index in [1.54, 1.807) is 11.8 Å². The smallest absolute Gasteiger partial charge is 0.413 e.